The van der Waals surface area contributed by atoms with Crippen LogP contribution in [0, 0.1) is 0 Å². The van der Waals surface area contributed by atoms with E-state index in [4.69, 9.17) is 11.6 Å². The van der Waals surface area contributed by atoms with E-state index in [2.05, 4.69) is 20.1 Å². The predicted molar refractivity (Wildman–Crippen MR) is 66.3 cm³/mol. The van der Waals surface area contributed by atoms with Gasteiger partial charge in [-0.15, -0.1) is 0 Å². The Morgan fingerprint density at radius 1 is 1.40 bits per heavy atom. The summed E-state index contributed by atoms with van der Waals surface area (Å²) in [7, 11) is 0. The number of H-pyrrole nitrogens is 1. The highest BCUT2D eigenvalue weighted by molar-refractivity contribution is 6.28. The summed E-state index contributed by atoms with van der Waals surface area (Å²) in [5, 5.41) is 3.75. The fourth-order valence-corrected chi connectivity index (χ4v) is 1.96. The predicted octanol–water partition coefficient (Wildman–Crippen LogP) is 1.22. The number of nitrogens with one attached hydrogen (secondary N) is 1. The van der Waals surface area contributed by atoms with Gasteiger partial charge in [0.1, 0.15) is 12.1 Å². The molecule has 3 aromatic heterocycles. The molecule has 104 valence electrons. The van der Waals surface area contributed by atoms with Crippen LogP contribution >= 0.6 is 11.6 Å². The molecular formula is C10H7ClF2N6O. The Hall–Kier alpha value is -2.29. The zero-order chi connectivity index (χ0) is 14.3. The molecule has 0 aliphatic rings. The number of fused-ring (bicyclic) bond motifs is 1. The van der Waals surface area contributed by atoms with Crippen LogP contribution in [0.15, 0.2) is 23.4 Å². The Labute approximate surface area is 114 Å². The Kier molecular flexibility index (Phi) is 2.97. The Morgan fingerprint density at radius 3 is 2.95 bits per heavy atom. The van der Waals surface area contributed by atoms with E-state index in [0.717, 1.165) is 4.68 Å². The second kappa shape index (κ2) is 4.67. The van der Waals surface area contributed by atoms with Crippen molar-refractivity contribution in [3.63, 3.8) is 0 Å². The van der Waals surface area contributed by atoms with E-state index < -0.39 is 18.7 Å². The lowest BCUT2D eigenvalue weighted by Crippen LogP contribution is -2.14. The van der Waals surface area contributed by atoms with Crippen LogP contribution in [0.5, 0.6) is 0 Å². The van der Waals surface area contributed by atoms with Crippen LogP contribution in [0.2, 0.25) is 5.28 Å². The smallest absolute Gasteiger partial charge is 0.303 e. The second-order valence-corrected chi connectivity index (χ2v) is 4.29. The van der Waals surface area contributed by atoms with E-state index in [1.165, 1.54) is 23.2 Å². The first-order valence-corrected chi connectivity index (χ1v) is 5.86. The lowest BCUT2D eigenvalue weighted by molar-refractivity contribution is 0.122. The monoisotopic (exact) mass is 300 g/mol. The molecule has 0 amide bonds. The van der Waals surface area contributed by atoms with Crippen molar-refractivity contribution < 1.29 is 8.78 Å². The number of alkyl halides is 2. The van der Waals surface area contributed by atoms with Crippen LogP contribution in [-0.4, -0.2) is 35.7 Å². The SMILES string of the molecule is O=c1[nH]c2cnc(Cl)nc2n1-c1cnn(CC(F)F)c1. The van der Waals surface area contributed by atoms with Gasteiger partial charge in [0.05, 0.1) is 18.1 Å². The first kappa shape index (κ1) is 12.7. The molecular weight excluding hydrogens is 294 g/mol. The summed E-state index contributed by atoms with van der Waals surface area (Å²) in [6, 6.07) is 0. The molecule has 0 radical (unpaired) electrons. The summed E-state index contributed by atoms with van der Waals surface area (Å²) in [5.41, 5.74) is 0.484. The highest BCUT2D eigenvalue weighted by atomic mass is 35.5. The molecule has 0 aromatic carbocycles. The summed E-state index contributed by atoms with van der Waals surface area (Å²) in [6.45, 7) is -0.549. The number of aromatic nitrogens is 6. The topological polar surface area (TPSA) is 81.4 Å². The molecule has 0 bridgehead atoms. The van der Waals surface area contributed by atoms with Gasteiger partial charge in [-0.3, -0.25) is 4.68 Å². The van der Waals surface area contributed by atoms with E-state index in [0.29, 0.717) is 11.2 Å². The summed E-state index contributed by atoms with van der Waals surface area (Å²) in [6.07, 6.45) is 1.47. The van der Waals surface area contributed by atoms with Crippen molar-refractivity contribution in [2.75, 3.05) is 0 Å². The van der Waals surface area contributed by atoms with E-state index in [1.807, 2.05) is 0 Å². The first-order valence-electron chi connectivity index (χ1n) is 5.49. The van der Waals surface area contributed by atoms with Crippen molar-refractivity contribution in [2.24, 2.45) is 0 Å². The third-order valence-electron chi connectivity index (χ3n) is 2.60. The van der Waals surface area contributed by atoms with E-state index in [1.54, 1.807) is 0 Å². The quantitative estimate of drug-likeness (QED) is 0.738. The Balaban J connectivity index is 2.14. The van der Waals surface area contributed by atoms with E-state index in [-0.39, 0.29) is 10.9 Å². The average molecular weight is 301 g/mol. The molecule has 20 heavy (non-hydrogen) atoms. The number of nitrogens with zero attached hydrogens (tertiary/aromatic N) is 5. The first-order chi connectivity index (χ1) is 9.54. The van der Waals surface area contributed by atoms with Gasteiger partial charge in [0, 0.05) is 6.20 Å². The number of rotatable bonds is 3. The zero-order valence-electron chi connectivity index (χ0n) is 9.79. The zero-order valence-corrected chi connectivity index (χ0v) is 10.6. The molecule has 0 fully saturated rings. The van der Waals surface area contributed by atoms with Gasteiger partial charge < -0.3 is 4.98 Å². The van der Waals surface area contributed by atoms with Crippen molar-refractivity contribution >= 4 is 22.8 Å². The molecule has 0 atom stereocenters. The minimum absolute atomic E-state index is 0.0229. The third kappa shape index (κ3) is 2.16. The van der Waals surface area contributed by atoms with Gasteiger partial charge >= 0.3 is 5.69 Å². The number of hydrogen-bond donors (Lipinski definition) is 1. The number of imidazole rings is 1. The van der Waals surface area contributed by atoms with Gasteiger partial charge in [0.25, 0.3) is 6.43 Å². The van der Waals surface area contributed by atoms with Crippen molar-refractivity contribution in [1.29, 1.82) is 0 Å². The second-order valence-electron chi connectivity index (χ2n) is 3.95. The number of aromatic amines is 1. The largest absolute Gasteiger partial charge is 0.332 e. The van der Waals surface area contributed by atoms with Crippen molar-refractivity contribution in [1.82, 2.24) is 29.3 Å². The summed E-state index contributed by atoms with van der Waals surface area (Å²) in [5.74, 6) is 0. The third-order valence-corrected chi connectivity index (χ3v) is 2.78. The van der Waals surface area contributed by atoms with Crippen LogP contribution in [0.25, 0.3) is 16.9 Å². The lowest BCUT2D eigenvalue weighted by atomic mass is 10.5. The molecule has 0 aliphatic carbocycles. The number of hydrogen-bond acceptors (Lipinski definition) is 4. The maximum atomic E-state index is 12.3. The minimum atomic E-state index is -2.53. The van der Waals surface area contributed by atoms with E-state index in [9.17, 15) is 13.6 Å². The highest BCUT2D eigenvalue weighted by Crippen LogP contribution is 2.14. The van der Waals surface area contributed by atoms with Gasteiger partial charge in [-0.05, 0) is 11.6 Å². The normalized spacial score (nSPS) is 11.6. The molecule has 10 heteroatoms. The van der Waals surface area contributed by atoms with Gasteiger partial charge in [0.15, 0.2) is 5.65 Å². The fraction of sp³-hybridized carbons (Fsp3) is 0.200. The fourth-order valence-electron chi connectivity index (χ4n) is 1.83. The molecule has 3 heterocycles. The van der Waals surface area contributed by atoms with Gasteiger partial charge in [-0.1, -0.05) is 0 Å². The molecule has 0 spiro atoms. The summed E-state index contributed by atoms with van der Waals surface area (Å²) >= 11 is 5.69. The molecule has 0 unspecified atom stereocenters. The number of halogens is 3. The molecule has 0 saturated carbocycles. The lowest BCUT2D eigenvalue weighted by Gasteiger charge is -1.99. The molecule has 0 aliphatic heterocycles. The van der Waals surface area contributed by atoms with Crippen molar-refractivity contribution in [3.8, 4) is 5.69 Å². The maximum Gasteiger partial charge on any atom is 0.332 e. The van der Waals surface area contributed by atoms with Crippen LogP contribution in [0.3, 0.4) is 0 Å². The average Bonchev–Trinajstić information content (AvgIpc) is 2.91. The van der Waals surface area contributed by atoms with Crippen LogP contribution in [0.1, 0.15) is 0 Å². The van der Waals surface area contributed by atoms with Gasteiger partial charge in [-0.2, -0.15) is 10.1 Å². The van der Waals surface area contributed by atoms with Crippen LogP contribution in [0.4, 0.5) is 8.78 Å². The summed E-state index contributed by atoms with van der Waals surface area (Å²) in [4.78, 5) is 22.1. The minimum Gasteiger partial charge on any atom is -0.303 e. The maximum absolute atomic E-state index is 12.3. The molecule has 3 rings (SSSR count). The molecule has 0 saturated heterocycles. The Bertz CT molecular complexity index is 823. The van der Waals surface area contributed by atoms with Crippen molar-refractivity contribution in [2.45, 2.75) is 13.0 Å². The highest BCUT2D eigenvalue weighted by Gasteiger charge is 2.14. The van der Waals surface area contributed by atoms with Crippen LogP contribution in [-0.2, 0) is 6.54 Å². The molecule has 1 N–H and O–H groups in total. The molecule has 3 aromatic rings. The van der Waals surface area contributed by atoms with Gasteiger partial charge in [-0.25, -0.2) is 23.1 Å². The molecule has 7 nitrogen and oxygen atoms in total. The summed E-state index contributed by atoms with van der Waals surface area (Å²) < 4.78 is 26.8. The Morgan fingerprint density at radius 2 is 2.20 bits per heavy atom. The van der Waals surface area contributed by atoms with Gasteiger partial charge in [0.2, 0.25) is 5.28 Å². The standard InChI is InChI=1S/C10H7ClF2N6O/c11-9-14-2-6-8(17-9)19(10(20)16-6)5-1-15-18(3-5)4-7(12)13/h1-3,7H,4H2,(H,16,20). The van der Waals surface area contributed by atoms with E-state index >= 15 is 0 Å². The van der Waals surface area contributed by atoms with Crippen LogP contribution < -0.4 is 5.69 Å². The van der Waals surface area contributed by atoms with Crippen molar-refractivity contribution in [3.05, 3.63) is 34.4 Å².